The number of carbonyl (C=O) groups excluding carboxylic acids is 1. The highest BCUT2D eigenvalue weighted by atomic mass is 79.9. The van der Waals surface area contributed by atoms with Crippen LogP contribution in [0.2, 0.25) is 0 Å². The number of methoxy groups -OCH3 is 1. The van der Waals surface area contributed by atoms with Crippen LogP contribution in [0.25, 0.3) is 0 Å². The highest BCUT2D eigenvalue weighted by Gasteiger charge is 2.30. The van der Waals surface area contributed by atoms with Gasteiger partial charge in [0.15, 0.2) is 6.10 Å². The largest absolute Gasteiger partial charge is 0.481 e. The lowest BCUT2D eigenvalue weighted by molar-refractivity contribution is -0.132. The summed E-state index contributed by atoms with van der Waals surface area (Å²) in [5.74, 6) is 0.785. The number of likely N-dealkylation sites (N-methyl/N-ethyl adjacent to an activating group) is 1. The second-order valence-corrected chi connectivity index (χ2v) is 5.93. The molecule has 6 heteroatoms. The molecule has 1 fully saturated rings. The summed E-state index contributed by atoms with van der Waals surface area (Å²) >= 11 is 3.53. The molecule has 0 aromatic heterocycles. The molecule has 0 aliphatic carbocycles. The molecule has 116 valence electrons. The molecule has 21 heavy (non-hydrogen) atoms. The van der Waals surface area contributed by atoms with Gasteiger partial charge >= 0.3 is 0 Å². The van der Waals surface area contributed by atoms with Crippen LogP contribution in [0.1, 0.15) is 12.0 Å². The van der Waals surface area contributed by atoms with Crippen LogP contribution >= 0.6 is 15.9 Å². The zero-order valence-corrected chi connectivity index (χ0v) is 14.0. The van der Waals surface area contributed by atoms with Gasteiger partial charge in [0.05, 0.1) is 6.61 Å². The SMILES string of the molecule is COCCNCc1cc(OC2CCN(C)C2=O)ccc1Br. The van der Waals surface area contributed by atoms with E-state index in [1.54, 1.807) is 19.1 Å². The molecule has 0 saturated carbocycles. The van der Waals surface area contributed by atoms with E-state index in [9.17, 15) is 4.79 Å². The number of ether oxygens (including phenoxy) is 2. The quantitative estimate of drug-likeness (QED) is 0.756. The average molecular weight is 357 g/mol. The van der Waals surface area contributed by atoms with Crippen molar-refractivity contribution in [1.29, 1.82) is 0 Å². The molecule has 1 aromatic carbocycles. The minimum atomic E-state index is -0.356. The lowest BCUT2D eigenvalue weighted by Crippen LogP contribution is -2.29. The van der Waals surface area contributed by atoms with Crippen molar-refractivity contribution in [3.63, 3.8) is 0 Å². The lowest BCUT2D eigenvalue weighted by Gasteiger charge is -2.14. The molecule has 1 aromatic rings. The summed E-state index contributed by atoms with van der Waals surface area (Å²) < 4.78 is 11.8. The third-order valence-corrected chi connectivity index (χ3v) is 4.25. The standard InChI is InChI=1S/C15H21BrN2O3/c1-18-7-5-14(15(18)19)21-12-3-4-13(16)11(9-12)10-17-6-8-20-2/h3-4,9,14,17H,5-8,10H2,1-2H3. The topological polar surface area (TPSA) is 50.8 Å². The second kappa shape index (κ2) is 7.77. The fourth-order valence-electron chi connectivity index (χ4n) is 2.22. The van der Waals surface area contributed by atoms with Crippen molar-refractivity contribution < 1.29 is 14.3 Å². The van der Waals surface area contributed by atoms with E-state index < -0.39 is 0 Å². The van der Waals surface area contributed by atoms with E-state index in [-0.39, 0.29) is 12.0 Å². The number of likely N-dealkylation sites (tertiary alicyclic amines) is 1. The Labute approximate surface area is 133 Å². The third kappa shape index (κ3) is 4.43. The molecular weight excluding hydrogens is 336 g/mol. The molecule has 2 rings (SSSR count). The molecule has 0 bridgehead atoms. The van der Waals surface area contributed by atoms with Gasteiger partial charge in [0.2, 0.25) is 0 Å². The van der Waals surface area contributed by atoms with Gasteiger partial charge in [-0.25, -0.2) is 0 Å². The number of nitrogens with zero attached hydrogens (tertiary/aromatic N) is 1. The molecule has 0 spiro atoms. The number of amides is 1. The predicted octanol–water partition coefficient (Wildman–Crippen LogP) is 1.79. The average Bonchev–Trinajstić information content (AvgIpc) is 2.78. The van der Waals surface area contributed by atoms with Crippen molar-refractivity contribution in [2.24, 2.45) is 0 Å². The molecule has 1 atom stereocenters. The number of hydrogen-bond donors (Lipinski definition) is 1. The Kier molecular flexibility index (Phi) is 6.02. The Morgan fingerprint density at radius 2 is 2.29 bits per heavy atom. The van der Waals surface area contributed by atoms with Crippen LogP contribution in [0.3, 0.4) is 0 Å². The molecular formula is C15H21BrN2O3. The van der Waals surface area contributed by atoms with E-state index >= 15 is 0 Å². The molecule has 1 amide bonds. The summed E-state index contributed by atoms with van der Waals surface area (Å²) in [7, 11) is 3.49. The van der Waals surface area contributed by atoms with Crippen molar-refractivity contribution in [2.45, 2.75) is 19.1 Å². The van der Waals surface area contributed by atoms with Crippen LogP contribution in [-0.2, 0) is 16.1 Å². The monoisotopic (exact) mass is 356 g/mol. The Morgan fingerprint density at radius 3 is 2.95 bits per heavy atom. The summed E-state index contributed by atoms with van der Waals surface area (Å²) in [5.41, 5.74) is 1.10. The Bertz CT molecular complexity index is 496. The Hall–Kier alpha value is -1.11. The van der Waals surface area contributed by atoms with Crippen molar-refractivity contribution in [2.75, 3.05) is 33.9 Å². The van der Waals surface area contributed by atoms with E-state index in [0.717, 1.165) is 41.8 Å². The van der Waals surface area contributed by atoms with Gasteiger partial charge in [-0.05, 0) is 23.8 Å². The molecule has 1 saturated heterocycles. The molecule has 1 unspecified atom stereocenters. The number of hydrogen-bond acceptors (Lipinski definition) is 4. The fourth-order valence-corrected chi connectivity index (χ4v) is 2.61. The van der Waals surface area contributed by atoms with Crippen molar-refractivity contribution in [1.82, 2.24) is 10.2 Å². The predicted molar refractivity (Wildman–Crippen MR) is 84.4 cm³/mol. The number of carbonyl (C=O) groups is 1. The highest BCUT2D eigenvalue weighted by Crippen LogP contribution is 2.25. The summed E-state index contributed by atoms with van der Waals surface area (Å²) in [6.45, 7) is 2.95. The fraction of sp³-hybridized carbons (Fsp3) is 0.533. The van der Waals surface area contributed by atoms with Gasteiger partial charge in [0.1, 0.15) is 5.75 Å². The molecule has 0 radical (unpaired) electrons. The molecule has 1 aliphatic rings. The van der Waals surface area contributed by atoms with Crippen LogP contribution in [0.15, 0.2) is 22.7 Å². The van der Waals surface area contributed by atoms with Gasteiger partial charge in [-0.15, -0.1) is 0 Å². The maximum absolute atomic E-state index is 11.9. The minimum Gasteiger partial charge on any atom is -0.481 e. The highest BCUT2D eigenvalue weighted by molar-refractivity contribution is 9.10. The van der Waals surface area contributed by atoms with Gasteiger partial charge in [-0.1, -0.05) is 15.9 Å². The first-order valence-corrected chi connectivity index (χ1v) is 7.81. The summed E-state index contributed by atoms with van der Waals surface area (Å²) in [6.07, 6.45) is 0.387. The number of nitrogens with one attached hydrogen (secondary N) is 1. The smallest absolute Gasteiger partial charge is 0.263 e. The maximum Gasteiger partial charge on any atom is 0.263 e. The van der Waals surface area contributed by atoms with Gasteiger partial charge < -0.3 is 19.7 Å². The van der Waals surface area contributed by atoms with E-state index in [2.05, 4.69) is 21.2 Å². The zero-order chi connectivity index (χ0) is 15.2. The Balaban J connectivity index is 1.96. The number of rotatable bonds is 7. The van der Waals surface area contributed by atoms with Crippen LogP contribution in [0.5, 0.6) is 5.75 Å². The van der Waals surface area contributed by atoms with E-state index in [0.29, 0.717) is 6.61 Å². The molecule has 1 N–H and O–H groups in total. The second-order valence-electron chi connectivity index (χ2n) is 5.08. The van der Waals surface area contributed by atoms with Crippen LogP contribution in [0, 0.1) is 0 Å². The number of benzene rings is 1. The van der Waals surface area contributed by atoms with Crippen LogP contribution in [-0.4, -0.2) is 50.8 Å². The first-order valence-electron chi connectivity index (χ1n) is 7.01. The third-order valence-electron chi connectivity index (χ3n) is 3.47. The van der Waals surface area contributed by atoms with Crippen molar-refractivity contribution >= 4 is 21.8 Å². The minimum absolute atomic E-state index is 0.0534. The normalized spacial score (nSPS) is 18.3. The van der Waals surface area contributed by atoms with E-state index in [4.69, 9.17) is 9.47 Å². The van der Waals surface area contributed by atoms with Gasteiger partial charge in [-0.3, -0.25) is 4.79 Å². The first-order chi connectivity index (χ1) is 10.1. The van der Waals surface area contributed by atoms with Gasteiger partial charge in [0.25, 0.3) is 5.91 Å². The number of halogens is 1. The molecule has 5 nitrogen and oxygen atoms in total. The van der Waals surface area contributed by atoms with Gasteiger partial charge in [0, 0.05) is 44.7 Å². The molecule has 1 heterocycles. The van der Waals surface area contributed by atoms with Gasteiger partial charge in [-0.2, -0.15) is 0 Å². The first kappa shape index (κ1) is 16.3. The van der Waals surface area contributed by atoms with E-state index in [1.165, 1.54) is 0 Å². The van der Waals surface area contributed by atoms with Crippen LogP contribution in [0.4, 0.5) is 0 Å². The molecule has 1 aliphatic heterocycles. The maximum atomic E-state index is 11.9. The van der Waals surface area contributed by atoms with Crippen LogP contribution < -0.4 is 10.1 Å². The van der Waals surface area contributed by atoms with E-state index in [1.807, 2.05) is 18.2 Å². The van der Waals surface area contributed by atoms with Crippen molar-refractivity contribution in [3.05, 3.63) is 28.2 Å². The van der Waals surface area contributed by atoms with Crippen molar-refractivity contribution in [3.8, 4) is 5.75 Å². The lowest BCUT2D eigenvalue weighted by atomic mass is 10.2. The zero-order valence-electron chi connectivity index (χ0n) is 12.4. The Morgan fingerprint density at radius 1 is 1.48 bits per heavy atom. The summed E-state index contributed by atoms with van der Waals surface area (Å²) in [4.78, 5) is 13.6. The summed E-state index contributed by atoms with van der Waals surface area (Å²) in [5, 5.41) is 3.29. The summed E-state index contributed by atoms with van der Waals surface area (Å²) in [6, 6.07) is 5.80.